The van der Waals surface area contributed by atoms with E-state index in [0.29, 0.717) is 16.7 Å². The van der Waals surface area contributed by atoms with Gasteiger partial charge in [0.2, 0.25) is 0 Å². The van der Waals surface area contributed by atoms with E-state index < -0.39 is 11.5 Å². The number of likely N-dealkylation sites (tertiary alicyclic amines) is 1. The number of nitrogens with one attached hydrogen (secondary N) is 2. The zero-order valence-corrected chi connectivity index (χ0v) is 19.8. The van der Waals surface area contributed by atoms with Crippen molar-refractivity contribution in [1.82, 2.24) is 10.2 Å². The molecule has 0 saturated carbocycles. The maximum absolute atomic E-state index is 12.4. The molecule has 0 bridgehead atoms. The molecule has 2 aliphatic rings. The van der Waals surface area contributed by atoms with Crippen molar-refractivity contribution in [1.29, 1.82) is 0 Å². The first kappa shape index (κ1) is 22.0. The Bertz CT molecular complexity index is 1040. The zero-order chi connectivity index (χ0) is 22.2. The molecule has 2 heterocycles. The quantitative estimate of drug-likeness (QED) is 0.311. The lowest BCUT2D eigenvalue weighted by Crippen LogP contribution is -2.45. The lowest BCUT2D eigenvalue weighted by Gasteiger charge is -2.33. The van der Waals surface area contributed by atoms with E-state index in [4.69, 9.17) is 0 Å². The summed E-state index contributed by atoms with van der Waals surface area (Å²) in [5.41, 5.74) is 2.89. The van der Waals surface area contributed by atoms with Gasteiger partial charge in [-0.3, -0.25) is 19.8 Å². The number of amides is 2. The predicted octanol–water partition coefficient (Wildman–Crippen LogP) is 3.75. The summed E-state index contributed by atoms with van der Waals surface area (Å²) in [4.78, 5) is 26.8. The molecule has 1 saturated heterocycles. The van der Waals surface area contributed by atoms with Crippen LogP contribution in [0.25, 0.3) is 5.57 Å². The van der Waals surface area contributed by atoms with E-state index in [-0.39, 0.29) is 11.9 Å². The molecule has 2 aromatic carbocycles. The fourth-order valence-electron chi connectivity index (χ4n) is 4.35. The molecule has 7 heteroatoms. The van der Waals surface area contributed by atoms with Crippen molar-refractivity contribution in [3.8, 4) is 0 Å². The minimum Gasteiger partial charge on any atom is -0.389 e. The molecule has 162 valence electrons. The second-order valence-corrected chi connectivity index (χ2v) is 9.90. The van der Waals surface area contributed by atoms with E-state index in [1.54, 1.807) is 12.3 Å². The number of anilines is 1. The maximum atomic E-state index is 12.4. The number of nitrogens with zero attached hydrogens (tertiary/aromatic N) is 1. The molecule has 3 N–H and O–H groups in total. The summed E-state index contributed by atoms with van der Waals surface area (Å²) in [6.45, 7) is 5.55. The van der Waals surface area contributed by atoms with E-state index in [0.717, 1.165) is 35.2 Å². The maximum Gasteiger partial charge on any atom is 0.260 e. The molecule has 4 rings (SSSR count). The standard InChI is InChI=1S/C24H26IN3O3/c1-24(2,31)21-4-3-11-28(21)14-15-5-8-17(9-6-15)26-13-20-19-12-16(25)7-10-18(19)22(29)27-23(20)30/h5-10,12-13,21,26,31H,3-4,11,14H2,1-2H3,(H,27,29,30)/b20-13-. The Morgan fingerprint density at radius 1 is 1.16 bits per heavy atom. The van der Waals surface area contributed by atoms with Crippen LogP contribution in [0.15, 0.2) is 48.7 Å². The smallest absolute Gasteiger partial charge is 0.260 e. The van der Waals surface area contributed by atoms with E-state index >= 15 is 0 Å². The first-order valence-electron chi connectivity index (χ1n) is 10.4. The normalized spacial score (nSPS) is 20.6. The number of carbonyl (C=O) groups excluding carboxylic acids is 2. The predicted molar refractivity (Wildman–Crippen MR) is 129 cm³/mol. The first-order chi connectivity index (χ1) is 14.7. The number of rotatable bonds is 5. The summed E-state index contributed by atoms with van der Waals surface area (Å²) in [5, 5.41) is 16.0. The molecule has 2 aliphatic heterocycles. The molecule has 31 heavy (non-hydrogen) atoms. The average molecular weight is 531 g/mol. The van der Waals surface area contributed by atoms with Crippen molar-refractivity contribution < 1.29 is 14.7 Å². The Hall–Kier alpha value is -2.23. The van der Waals surface area contributed by atoms with Crippen LogP contribution in [0.3, 0.4) is 0 Å². The summed E-state index contributed by atoms with van der Waals surface area (Å²) in [6, 6.07) is 13.7. The van der Waals surface area contributed by atoms with Gasteiger partial charge in [-0.15, -0.1) is 0 Å². The highest BCUT2D eigenvalue weighted by Crippen LogP contribution is 2.29. The minimum atomic E-state index is -0.708. The Morgan fingerprint density at radius 2 is 1.90 bits per heavy atom. The monoisotopic (exact) mass is 531 g/mol. The Balaban J connectivity index is 1.48. The lowest BCUT2D eigenvalue weighted by molar-refractivity contribution is -0.114. The van der Waals surface area contributed by atoms with Gasteiger partial charge in [-0.1, -0.05) is 12.1 Å². The number of imide groups is 1. The van der Waals surface area contributed by atoms with Crippen LogP contribution in [0.2, 0.25) is 0 Å². The summed E-state index contributed by atoms with van der Waals surface area (Å²) in [5.74, 6) is -0.778. The fourth-order valence-corrected chi connectivity index (χ4v) is 4.84. The molecule has 0 radical (unpaired) electrons. The third-order valence-electron chi connectivity index (χ3n) is 5.89. The molecule has 1 fully saturated rings. The molecule has 0 aliphatic carbocycles. The van der Waals surface area contributed by atoms with Crippen molar-refractivity contribution in [2.45, 2.75) is 44.9 Å². The zero-order valence-electron chi connectivity index (χ0n) is 17.6. The highest BCUT2D eigenvalue weighted by atomic mass is 127. The van der Waals surface area contributed by atoms with Gasteiger partial charge in [-0.2, -0.15) is 0 Å². The second-order valence-electron chi connectivity index (χ2n) is 8.65. The van der Waals surface area contributed by atoms with E-state index in [1.165, 1.54) is 5.56 Å². The number of carbonyl (C=O) groups is 2. The van der Waals surface area contributed by atoms with Crippen LogP contribution in [0.4, 0.5) is 5.69 Å². The van der Waals surface area contributed by atoms with Crippen LogP contribution in [-0.4, -0.2) is 40.0 Å². The molecule has 1 unspecified atom stereocenters. The van der Waals surface area contributed by atoms with Crippen LogP contribution < -0.4 is 10.6 Å². The number of hydrogen-bond donors (Lipinski definition) is 3. The highest BCUT2D eigenvalue weighted by molar-refractivity contribution is 14.1. The van der Waals surface area contributed by atoms with Gasteiger partial charge in [0.15, 0.2) is 0 Å². The first-order valence-corrected chi connectivity index (χ1v) is 11.5. The number of fused-ring (bicyclic) bond motifs is 1. The number of aliphatic hydroxyl groups is 1. The Kier molecular flexibility index (Phi) is 6.18. The number of hydrogen-bond acceptors (Lipinski definition) is 5. The largest absolute Gasteiger partial charge is 0.389 e. The summed E-state index contributed by atoms with van der Waals surface area (Å²) in [7, 11) is 0. The average Bonchev–Trinajstić information content (AvgIpc) is 3.17. The van der Waals surface area contributed by atoms with Gasteiger partial charge in [-0.25, -0.2) is 0 Å². The molecule has 2 amide bonds. The van der Waals surface area contributed by atoms with Gasteiger partial charge in [-0.05, 0) is 91.7 Å². The fraction of sp³-hybridized carbons (Fsp3) is 0.333. The van der Waals surface area contributed by atoms with Gasteiger partial charge in [0.25, 0.3) is 11.8 Å². The van der Waals surface area contributed by atoms with Crippen molar-refractivity contribution in [3.63, 3.8) is 0 Å². The highest BCUT2D eigenvalue weighted by Gasteiger charge is 2.35. The minimum absolute atomic E-state index is 0.172. The second kappa shape index (κ2) is 8.72. The van der Waals surface area contributed by atoms with Gasteiger partial charge in [0.05, 0.1) is 11.2 Å². The Morgan fingerprint density at radius 3 is 2.61 bits per heavy atom. The van der Waals surface area contributed by atoms with Gasteiger partial charge < -0.3 is 10.4 Å². The lowest BCUT2D eigenvalue weighted by atomic mass is 9.95. The van der Waals surface area contributed by atoms with Crippen LogP contribution in [0.1, 0.15) is 48.2 Å². The van der Waals surface area contributed by atoms with Crippen LogP contribution in [0, 0.1) is 3.57 Å². The van der Waals surface area contributed by atoms with Crippen LogP contribution in [0.5, 0.6) is 0 Å². The number of halogens is 1. The van der Waals surface area contributed by atoms with E-state index in [1.807, 2.05) is 38.1 Å². The van der Waals surface area contributed by atoms with Crippen molar-refractivity contribution in [2.24, 2.45) is 0 Å². The third kappa shape index (κ3) is 4.83. The number of benzene rings is 2. The van der Waals surface area contributed by atoms with Crippen LogP contribution in [-0.2, 0) is 11.3 Å². The molecule has 2 aromatic rings. The molecular weight excluding hydrogens is 505 g/mol. The third-order valence-corrected chi connectivity index (χ3v) is 6.56. The summed E-state index contributed by atoms with van der Waals surface area (Å²) < 4.78 is 0.959. The van der Waals surface area contributed by atoms with E-state index in [9.17, 15) is 14.7 Å². The molecule has 0 aromatic heterocycles. The molecule has 6 nitrogen and oxygen atoms in total. The van der Waals surface area contributed by atoms with Crippen molar-refractivity contribution >= 4 is 45.7 Å². The summed E-state index contributed by atoms with van der Waals surface area (Å²) >= 11 is 2.17. The topological polar surface area (TPSA) is 81.7 Å². The van der Waals surface area contributed by atoms with Crippen molar-refractivity contribution in [3.05, 3.63) is 68.9 Å². The molecule has 1 atom stereocenters. The summed E-state index contributed by atoms with van der Waals surface area (Å²) in [6.07, 6.45) is 3.77. The molecule has 0 spiro atoms. The SMILES string of the molecule is CC(C)(O)C1CCCN1Cc1ccc(N/C=C2\C(=O)NC(=O)c3ccc(I)cc32)cc1. The van der Waals surface area contributed by atoms with Gasteiger partial charge in [0.1, 0.15) is 0 Å². The van der Waals surface area contributed by atoms with Gasteiger partial charge in [0, 0.05) is 39.2 Å². The molecular formula is C24H26IN3O3. The van der Waals surface area contributed by atoms with E-state index in [2.05, 4.69) is 50.3 Å². The van der Waals surface area contributed by atoms with Crippen LogP contribution >= 0.6 is 22.6 Å². The van der Waals surface area contributed by atoms with Crippen molar-refractivity contribution in [2.75, 3.05) is 11.9 Å². The Labute approximate surface area is 195 Å². The van der Waals surface area contributed by atoms with Gasteiger partial charge >= 0.3 is 0 Å².